The van der Waals surface area contributed by atoms with Gasteiger partial charge in [-0.2, -0.15) is 0 Å². The van der Waals surface area contributed by atoms with Crippen molar-refractivity contribution in [3.05, 3.63) is 0 Å². The maximum absolute atomic E-state index is 12.5. The Bertz CT molecular complexity index is 512. The monoisotopic (exact) mass is 359 g/mol. The number of aliphatic hydroxyl groups excluding tert-OH is 1. The van der Waals surface area contributed by atoms with Crippen molar-refractivity contribution < 1.29 is 29.4 Å². The fourth-order valence-corrected chi connectivity index (χ4v) is 2.11. The van der Waals surface area contributed by atoms with E-state index in [9.17, 15) is 29.4 Å². The first-order valence-electron chi connectivity index (χ1n) is 8.02. The lowest BCUT2D eigenvalue weighted by atomic mass is 9.85. The molecule has 0 aliphatic heterocycles. The fraction of sp³-hybridized carbons (Fsp3) is 0.750. The zero-order valence-electron chi connectivity index (χ0n) is 15.5. The van der Waals surface area contributed by atoms with E-state index in [1.165, 1.54) is 6.92 Å². The molecule has 0 spiro atoms. The summed E-state index contributed by atoms with van der Waals surface area (Å²) in [5.74, 6) is -3.40. The standard InChI is InChI=1S/C16H29N3O6/c1-8(2)11(15(24)25)18-14(23)12(16(4,5)6)19-13(22)10(7-20)17-9(3)21/h8,10-12,20H,7H2,1-6H3,(H,17,21)(H,18,23)(H,19,22)(H,24,25)/t10-,11-,12+/m0/s1. The number of nitrogens with one attached hydrogen (secondary N) is 3. The minimum Gasteiger partial charge on any atom is -0.480 e. The van der Waals surface area contributed by atoms with Crippen molar-refractivity contribution in [2.75, 3.05) is 6.61 Å². The third kappa shape index (κ3) is 7.51. The quantitative estimate of drug-likeness (QED) is 0.385. The molecule has 9 heteroatoms. The first kappa shape index (κ1) is 22.8. The van der Waals surface area contributed by atoms with Gasteiger partial charge < -0.3 is 26.2 Å². The Morgan fingerprint density at radius 3 is 1.80 bits per heavy atom. The van der Waals surface area contributed by atoms with Crippen molar-refractivity contribution in [2.24, 2.45) is 11.3 Å². The van der Waals surface area contributed by atoms with Crippen LogP contribution in [0.1, 0.15) is 41.5 Å². The summed E-state index contributed by atoms with van der Waals surface area (Å²) in [4.78, 5) is 47.1. The number of carbonyl (C=O) groups excluding carboxylic acids is 3. The normalized spacial score (nSPS) is 15.0. The molecule has 0 rings (SSSR count). The molecule has 0 heterocycles. The van der Waals surface area contributed by atoms with Crippen LogP contribution in [0.4, 0.5) is 0 Å². The van der Waals surface area contributed by atoms with E-state index in [2.05, 4.69) is 16.0 Å². The number of aliphatic carboxylic acids is 1. The Morgan fingerprint density at radius 2 is 1.48 bits per heavy atom. The maximum Gasteiger partial charge on any atom is 0.326 e. The second-order valence-corrected chi connectivity index (χ2v) is 7.31. The summed E-state index contributed by atoms with van der Waals surface area (Å²) in [6, 6.07) is -3.35. The van der Waals surface area contributed by atoms with Crippen molar-refractivity contribution in [3.8, 4) is 0 Å². The van der Waals surface area contributed by atoms with Gasteiger partial charge in [0.25, 0.3) is 0 Å². The minimum absolute atomic E-state index is 0.345. The molecule has 144 valence electrons. The smallest absolute Gasteiger partial charge is 0.326 e. The van der Waals surface area contributed by atoms with Gasteiger partial charge in [0.2, 0.25) is 17.7 Å². The van der Waals surface area contributed by atoms with E-state index in [0.717, 1.165) is 0 Å². The molecule has 0 unspecified atom stereocenters. The number of hydrogen-bond acceptors (Lipinski definition) is 5. The molecule has 5 N–H and O–H groups in total. The van der Waals surface area contributed by atoms with Gasteiger partial charge >= 0.3 is 5.97 Å². The number of rotatable bonds is 8. The second kappa shape index (κ2) is 9.36. The van der Waals surface area contributed by atoms with Crippen molar-refractivity contribution in [2.45, 2.75) is 59.7 Å². The van der Waals surface area contributed by atoms with E-state index in [0.29, 0.717) is 0 Å². The highest BCUT2D eigenvalue weighted by molar-refractivity contribution is 5.93. The Morgan fingerprint density at radius 1 is 0.960 bits per heavy atom. The number of amides is 3. The Balaban J connectivity index is 5.32. The average molecular weight is 359 g/mol. The van der Waals surface area contributed by atoms with Crippen LogP contribution in [-0.4, -0.2) is 58.6 Å². The molecular formula is C16H29N3O6. The van der Waals surface area contributed by atoms with Crippen molar-refractivity contribution >= 4 is 23.7 Å². The molecule has 0 aromatic rings. The predicted octanol–water partition coefficient (Wildman–Crippen LogP) is -0.760. The SMILES string of the molecule is CC(=O)N[C@@H](CO)C(=O)N[C@H](C(=O)N[C@H](C(=O)O)C(C)C)C(C)(C)C. The highest BCUT2D eigenvalue weighted by atomic mass is 16.4. The van der Waals surface area contributed by atoms with Gasteiger partial charge in [0.05, 0.1) is 6.61 Å². The molecule has 3 atom stereocenters. The number of carbonyl (C=O) groups is 4. The van der Waals surface area contributed by atoms with Gasteiger partial charge in [-0.15, -0.1) is 0 Å². The van der Waals surface area contributed by atoms with Crippen molar-refractivity contribution in [1.29, 1.82) is 0 Å². The summed E-state index contributed by atoms with van der Waals surface area (Å²) >= 11 is 0. The lowest BCUT2D eigenvalue weighted by Gasteiger charge is -2.33. The molecule has 0 radical (unpaired) electrons. The first-order chi connectivity index (χ1) is 11.3. The summed E-state index contributed by atoms with van der Waals surface area (Å²) in [5.41, 5.74) is -0.726. The van der Waals surface area contributed by atoms with Crippen LogP contribution in [0.5, 0.6) is 0 Å². The summed E-state index contributed by atoms with van der Waals surface area (Å²) in [6.07, 6.45) is 0. The topological polar surface area (TPSA) is 145 Å². The molecule has 0 aromatic carbocycles. The zero-order valence-corrected chi connectivity index (χ0v) is 15.5. The first-order valence-corrected chi connectivity index (χ1v) is 8.02. The molecule has 0 saturated heterocycles. The van der Waals surface area contributed by atoms with Gasteiger partial charge in [-0.05, 0) is 11.3 Å². The molecule has 3 amide bonds. The largest absolute Gasteiger partial charge is 0.480 e. The number of carboxylic acid groups (broad SMARTS) is 1. The van der Waals surface area contributed by atoms with E-state index in [1.54, 1.807) is 34.6 Å². The van der Waals surface area contributed by atoms with Crippen LogP contribution in [-0.2, 0) is 19.2 Å². The second-order valence-electron chi connectivity index (χ2n) is 7.31. The Labute approximate surface area is 147 Å². The molecule has 0 bridgehead atoms. The van der Waals surface area contributed by atoms with Crippen LogP contribution in [0, 0.1) is 11.3 Å². The zero-order chi connectivity index (χ0) is 19.9. The van der Waals surface area contributed by atoms with E-state index in [1.807, 2.05) is 0 Å². The third-order valence-electron chi connectivity index (χ3n) is 3.52. The summed E-state index contributed by atoms with van der Waals surface area (Å²) in [6.45, 7) is 8.99. The molecule has 0 saturated carbocycles. The van der Waals surface area contributed by atoms with E-state index in [-0.39, 0.29) is 5.92 Å². The Kier molecular flexibility index (Phi) is 8.55. The van der Waals surface area contributed by atoms with Crippen LogP contribution in [0.2, 0.25) is 0 Å². The predicted molar refractivity (Wildman–Crippen MR) is 90.5 cm³/mol. The van der Waals surface area contributed by atoms with Crippen LogP contribution in [0.15, 0.2) is 0 Å². The Hall–Kier alpha value is -2.16. The van der Waals surface area contributed by atoms with Gasteiger partial charge in [-0.3, -0.25) is 14.4 Å². The molecule has 25 heavy (non-hydrogen) atoms. The molecule has 0 aromatic heterocycles. The fourth-order valence-electron chi connectivity index (χ4n) is 2.11. The summed E-state index contributed by atoms with van der Waals surface area (Å²) in [7, 11) is 0. The van der Waals surface area contributed by atoms with Crippen LogP contribution < -0.4 is 16.0 Å². The highest BCUT2D eigenvalue weighted by Gasteiger charge is 2.36. The van der Waals surface area contributed by atoms with E-state index < -0.39 is 53.8 Å². The van der Waals surface area contributed by atoms with Crippen molar-refractivity contribution in [3.63, 3.8) is 0 Å². The average Bonchev–Trinajstić information content (AvgIpc) is 2.45. The molecule has 0 aliphatic rings. The third-order valence-corrected chi connectivity index (χ3v) is 3.52. The minimum atomic E-state index is -1.20. The van der Waals surface area contributed by atoms with Gasteiger partial charge in [-0.25, -0.2) is 4.79 Å². The lowest BCUT2D eigenvalue weighted by molar-refractivity contribution is -0.144. The van der Waals surface area contributed by atoms with Crippen LogP contribution in [0.3, 0.4) is 0 Å². The summed E-state index contributed by atoms with van der Waals surface area (Å²) < 4.78 is 0. The number of aliphatic hydroxyl groups is 1. The van der Waals surface area contributed by atoms with E-state index >= 15 is 0 Å². The maximum atomic E-state index is 12.5. The molecule has 0 fully saturated rings. The van der Waals surface area contributed by atoms with Gasteiger partial charge in [0.1, 0.15) is 18.1 Å². The van der Waals surface area contributed by atoms with Crippen molar-refractivity contribution in [1.82, 2.24) is 16.0 Å². The highest BCUT2D eigenvalue weighted by Crippen LogP contribution is 2.20. The molecule has 9 nitrogen and oxygen atoms in total. The number of hydrogen-bond donors (Lipinski definition) is 5. The van der Waals surface area contributed by atoms with Crippen LogP contribution >= 0.6 is 0 Å². The van der Waals surface area contributed by atoms with Gasteiger partial charge in [0, 0.05) is 6.92 Å². The lowest BCUT2D eigenvalue weighted by Crippen LogP contribution is -2.60. The van der Waals surface area contributed by atoms with Gasteiger partial charge in [0.15, 0.2) is 0 Å². The van der Waals surface area contributed by atoms with Gasteiger partial charge in [-0.1, -0.05) is 34.6 Å². The number of carboxylic acids is 1. The van der Waals surface area contributed by atoms with Crippen LogP contribution in [0.25, 0.3) is 0 Å². The molecule has 0 aliphatic carbocycles. The van der Waals surface area contributed by atoms with E-state index in [4.69, 9.17) is 0 Å². The summed E-state index contributed by atoms with van der Waals surface area (Å²) in [5, 5.41) is 25.6. The molecular weight excluding hydrogens is 330 g/mol.